The third-order valence-corrected chi connectivity index (χ3v) is 4.21. The van der Waals surface area contributed by atoms with E-state index >= 15 is 0 Å². The number of nitrogens with zero attached hydrogens (tertiary/aromatic N) is 3. The van der Waals surface area contributed by atoms with Gasteiger partial charge >= 0.3 is 0 Å². The first-order chi connectivity index (χ1) is 11.3. The molecule has 7 nitrogen and oxygen atoms in total. The van der Waals surface area contributed by atoms with Crippen LogP contribution in [0.2, 0.25) is 0 Å². The van der Waals surface area contributed by atoms with Gasteiger partial charge in [-0.25, -0.2) is 4.98 Å². The van der Waals surface area contributed by atoms with Gasteiger partial charge in [0.1, 0.15) is 18.2 Å². The summed E-state index contributed by atoms with van der Waals surface area (Å²) in [6.45, 7) is 5.98. The van der Waals surface area contributed by atoms with E-state index in [9.17, 15) is 9.59 Å². The van der Waals surface area contributed by atoms with Gasteiger partial charge in [-0.05, 0) is 17.0 Å². The maximum Gasteiger partial charge on any atom is 0.257 e. The Labute approximate surface area is 139 Å². The van der Waals surface area contributed by atoms with Crippen LogP contribution in [0, 0.1) is 16.7 Å². The highest BCUT2D eigenvalue weighted by Crippen LogP contribution is 2.34. The van der Waals surface area contributed by atoms with Crippen LogP contribution in [0.15, 0.2) is 18.5 Å². The molecule has 3 rings (SSSR count). The van der Waals surface area contributed by atoms with Gasteiger partial charge in [0.05, 0.1) is 11.6 Å². The monoisotopic (exact) mass is 325 g/mol. The van der Waals surface area contributed by atoms with E-state index in [0.717, 1.165) is 10.9 Å². The van der Waals surface area contributed by atoms with Gasteiger partial charge < -0.3 is 15.2 Å². The van der Waals surface area contributed by atoms with Crippen molar-refractivity contribution in [3.63, 3.8) is 0 Å². The lowest BCUT2D eigenvalue weighted by molar-refractivity contribution is -0.129. The molecule has 0 aromatic carbocycles. The fourth-order valence-electron chi connectivity index (χ4n) is 3.27. The van der Waals surface area contributed by atoms with E-state index in [1.165, 1.54) is 0 Å². The molecule has 0 saturated heterocycles. The van der Waals surface area contributed by atoms with Crippen molar-refractivity contribution < 1.29 is 9.59 Å². The number of amides is 2. The summed E-state index contributed by atoms with van der Waals surface area (Å²) in [5, 5.41) is 12.1. The molecule has 1 unspecified atom stereocenters. The van der Waals surface area contributed by atoms with Crippen LogP contribution in [0.3, 0.4) is 0 Å². The summed E-state index contributed by atoms with van der Waals surface area (Å²) in [4.78, 5) is 34.4. The maximum absolute atomic E-state index is 13.0. The zero-order chi connectivity index (χ0) is 17.5. The molecule has 24 heavy (non-hydrogen) atoms. The minimum atomic E-state index is -0.676. The van der Waals surface area contributed by atoms with Gasteiger partial charge in [0.25, 0.3) is 5.91 Å². The van der Waals surface area contributed by atoms with Gasteiger partial charge in [-0.1, -0.05) is 20.8 Å². The maximum atomic E-state index is 13.0. The number of aromatic nitrogens is 2. The Hall–Kier alpha value is -2.88. The number of pyridine rings is 1. The van der Waals surface area contributed by atoms with E-state index in [0.29, 0.717) is 17.8 Å². The number of hydrogen-bond donors (Lipinski definition) is 2. The Bertz CT molecular complexity index is 856. The van der Waals surface area contributed by atoms with E-state index in [1.54, 1.807) is 17.3 Å². The second-order valence-electron chi connectivity index (χ2n) is 6.97. The molecular formula is C17H19N5O2. The topological polar surface area (TPSA) is 102 Å². The fraction of sp³-hybridized carbons (Fsp3) is 0.412. The molecule has 0 bridgehead atoms. The standard InChI is InChI=1S/C17H19N5O2/c1-17(2,3)13(15(23)20-7-5-18)22-9-10-4-6-19-14-12(10)11(8-21-14)16(22)24/h4,6,8,13H,7,9H2,1-3H3,(H,19,21)(H,20,23). The quantitative estimate of drug-likeness (QED) is 0.836. The van der Waals surface area contributed by atoms with Crippen molar-refractivity contribution in [3.8, 4) is 6.07 Å². The highest BCUT2D eigenvalue weighted by atomic mass is 16.2. The molecule has 0 radical (unpaired) electrons. The van der Waals surface area contributed by atoms with Gasteiger partial charge in [-0.15, -0.1) is 0 Å². The molecule has 2 N–H and O–H groups in total. The van der Waals surface area contributed by atoms with Crippen molar-refractivity contribution in [1.82, 2.24) is 20.2 Å². The average molecular weight is 325 g/mol. The molecule has 3 heterocycles. The van der Waals surface area contributed by atoms with Gasteiger partial charge in [-0.3, -0.25) is 9.59 Å². The summed E-state index contributed by atoms with van der Waals surface area (Å²) in [5.41, 5.74) is 1.69. The third-order valence-electron chi connectivity index (χ3n) is 4.21. The second kappa shape index (κ2) is 5.64. The molecule has 0 fully saturated rings. The summed E-state index contributed by atoms with van der Waals surface area (Å²) in [5.74, 6) is -0.518. The first-order valence-corrected chi connectivity index (χ1v) is 7.75. The van der Waals surface area contributed by atoms with E-state index in [4.69, 9.17) is 5.26 Å². The fourth-order valence-corrected chi connectivity index (χ4v) is 3.27. The molecular weight excluding hydrogens is 306 g/mol. The number of aromatic amines is 1. The second-order valence-corrected chi connectivity index (χ2v) is 6.97. The van der Waals surface area contributed by atoms with E-state index in [-0.39, 0.29) is 18.4 Å². The largest absolute Gasteiger partial charge is 0.345 e. The van der Waals surface area contributed by atoms with Gasteiger partial charge in [0.15, 0.2) is 0 Å². The normalized spacial score (nSPS) is 15.2. The molecule has 124 valence electrons. The van der Waals surface area contributed by atoms with Crippen LogP contribution >= 0.6 is 0 Å². The summed E-state index contributed by atoms with van der Waals surface area (Å²) in [6, 6.07) is 3.09. The summed E-state index contributed by atoms with van der Waals surface area (Å²) in [7, 11) is 0. The number of nitriles is 1. The Morgan fingerprint density at radius 3 is 2.96 bits per heavy atom. The van der Waals surface area contributed by atoms with Crippen LogP contribution in [-0.2, 0) is 11.3 Å². The van der Waals surface area contributed by atoms with Gasteiger partial charge in [-0.2, -0.15) is 5.26 Å². The molecule has 1 aliphatic heterocycles. The SMILES string of the molecule is CC(C)(C)C(C(=O)NCC#N)N1Cc2ccnc3[nH]cc(c23)C1=O. The Morgan fingerprint density at radius 1 is 1.54 bits per heavy atom. The molecule has 0 saturated carbocycles. The van der Waals surface area contributed by atoms with Crippen molar-refractivity contribution in [3.05, 3.63) is 29.6 Å². The van der Waals surface area contributed by atoms with Gasteiger partial charge in [0, 0.05) is 24.3 Å². The van der Waals surface area contributed by atoms with Gasteiger partial charge in [0.2, 0.25) is 5.91 Å². The summed E-state index contributed by atoms with van der Waals surface area (Å²) < 4.78 is 0. The van der Waals surface area contributed by atoms with Crippen LogP contribution < -0.4 is 5.32 Å². The van der Waals surface area contributed by atoms with Crippen molar-refractivity contribution in [1.29, 1.82) is 5.26 Å². The van der Waals surface area contributed by atoms with E-state index in [2.05, 4.69) is 15.3 Å². The Balaban J connectivity index is 2.03. The van der Waals surface area contributed by atoms with Crippen molar-refractivity contribution >= 4 is 22.8 Å². The minimum absolute atomic E-state index is 0.0810. The lowest BCUT2D eigenvalue weighted by atomic mass is 9.83. The molecule has 0 aliphatic carbocycles. The summed E-state index contributed by atoms with van der Waals surface area (Å²) >= 11 is 0. The number of carbonyl (C=O) groups excluding carboxylic acids is 2. The predicted molar refractivity (Wildman–Crippen MR) is 87.8 cm³/mol. The van der Waals surface area contributed by atoms with Crippen LogP contribution in [-0.4, -0.2) is 39.3 Å². The minimum Gasteiger partial charge on any atom is -0.345 e. The molecule has 7 heteroatoms. The van der Waals surface area contributed by atoms with Crippen LogP contribution in [0.1, 0.15) is 36.7 Å². The highest BCUT2D eigenvalue weighted by molar-refractivity contribution is 6.10. The number of H-pyrrole nitrogens is 1. The number of hydrogen-bond acceptors (Lipinski definition) is 4. The molecule has 0 spiro atoms. The Kier molecular flexibility index (Phi) is 3.76. The molecule has 2 aromatic rings. The number of carbonyl (C=O) groups is 2. The first-order valence-electron chi connectivity index (χ1n) is 7.75. The van der Waals surface area contributed by atoms with Crippen LogP contribution in [0.25, 0.3) is 11.0 Å². The van der Waals surface area contributed by atoms with Crippen molar-refractivity contribution in [2.24, 2.45) is 5.41 Å². The smallest absolute Gasteiger partial charge is 0.257 e. The molecule has 2 aromatic heterocycles. The molecule has 1 atom stereocenters. The number of nitrogens with one attached hydrogen (secondary N) is 2. The van der Waals surface area contributed by atoms with Crippen LogP contribution in [0.5, 0.6) is 0 Å². The highest BCUT2D eigenvalue weighted by Gasteiger charge is 2.41. The zero-order valence-electron chi connectivity index (χ0n) is 13.9. The lowest BCUT2D eigenvalue weighted by Gasteiger charge is -2.40. The predicted octanol–water partition coefficient (Wildman–Crippen LogP) is 1.57. The van der Waals surface area contributed by atoms with Crippen molar-refractivity contribution in [2.45, 2.75) is 33.4 Å². The van der Waals surface area contributed by atoms with E-state index < -0.39 is 11.5 Å². The lowest BCUT2D eigenvalue weighted by Crippen LogP contribution is -2.56. The zero-order valence-corrected chi connectivity index (χ0v) is 13.9. The van der Waals surface area contributed by atoms with E-state index in [1.807, 2.05) is 32.9 Å². The molecule has 2 amide bonds. The van der Waals surface area contributed by atoms with Crippen molar-refractivity contribution in [2.75, 3.05) is 6.54 Å². The van der Waals surface area contributed by atoms with Crippen LogP contribution in [0.4, 0.5) is 0 Å². The molecule has 1 aliphatic rings. The Morgan fingerprint density at radius 2 is 2.29 bits per heavy atom. The summed E-state index contributed by atoms with van der Waals surface area (Å²) in [6.07, 6.45) is 3.33. The third kappa shape index (κ3) is 2.50. The number of rotatable bonds is 3. The first kappa shape index (κ1) is 16.0. The average Bonchev–Trinajstić information content (AvgIpc) is 2.94.